The molecule has 0 aliphatic rings. The van der Waals surface area contributed by atoms with Crippen molar-refractivity contribution >= 4 is 23.2 Å². The van der Waals surface area contributed by atoms with Crippen LogP contribution in [-0.4, -0.2) is 32.5 Å². The number of likely N-dealkylation sites (N-methyl/N-ethyl adjacent to an activating group) is 1. The summed E-state index contributed by atoms with van der Waals surface area (Å²) in [6.07, 6.45) is 0. The first-order valence-corrected chi connectivity index (χ1v) is 7.05. The fraction of sp³-hybridized carbons (Fsp3) is 0.176. The highest BCUT2D eigenvalue weighted by Gasteiger charge is 2.14. The zero-order valence-corrected chi connectivity index (χ0v) is 13.1. The number of nitrogens with one attached hydrogen (secondary N) is 1. The van der Waals surface area contributed by atoms with Crippen molar-refractivity contribution in [3.63, 3.8) is 0 Å². The van der Waals surface area contributed by atoms with E-state index < -0.39 is 5.91 Å². The number of anilines is 2. The third kappa shape index (κ3) is 4.00. The summed E-state index contributed by atoms with van der Waals surface area (Å²) < 4.78 is 5.28. The molecule has 6 heteroatoms. The highest BCUT2D eigenvalue weighted by atomic mass is 16.5. The summed E-state index contributed by atoms with van der Waals surface area (Å²) in [7, 11) is 3.37. The number of carbonyl (C=O) groups excluding carboxylic acids is 2. The highest BCUT2D eigenvalue weighted by Crippen LogP contribution is 2.26. The molecule has 2 rings (SSSR count). The summed E-state index contributed by atoms with van der Waals surface area (Å²) in [5, 5.41) is 2.71. The zero-order valence-electron chi connectivity index (χ0n) is 13.1. The maximum absolute atomic E-state index is 12.2. The van der Waals surface area contributed by atoms with Gasteiger partial charge in [-0.3, -0.25) is 9.59 Å². The second-order valence-electron chi connectivity index (χ2n) is 4.99. The van der Waals surface area contributed by atoms with E-state index in [-0.39, 0.29) is 18.0 Å². The molecule has 2 aromatic carbocycles. The van der Waals surface area contributed by atoms with Gasteiger partial charge < -0.3 is 20.7 Å². The molecule has 0 fully saturated rings. The predicted molar refractivity (Wildman–Crippen MR) is 89.9 cm³/mol. The van der Waals surface area contributed by atoms with Crippen molar-refractivity contribution in [2.24, 2.45) is 5.73 Å². The van der Waals surface area contributed by atoms with E-state index in [2.05, 4.69) is 5.32 Å². The van der Waals surface area contributed by atoms with Gasteiger partial charge in [0.15, 0.2) is 0 Å². The lowest BCUT2D eigenvalue weighted by Crippen LogP contribution is -2.31. The molecule has 0 aliphatic heterocycles. The van der Waals surface area contributed by atoms with Crippen LogP contribution in [0.1, 0.15) is 10.4 Å². The lowest BCUT2D eigenvalue weighted by atomic mass is 10.1. The average Bonchev–Trinajstić information content (AvgIpc) is 2.54. The minimum absolute atomic E-state index is 0.105. The summed E-state index contributed by atoms with van der Waals surface area (Å²) in [4.78, 5) is 25.4. The SMILES string of the molecule is COc1ccccc1N(C)CC(=O)Nc1ccccc1C(N)=O. The maximum Gasteiger partial charge on any atom is 0.250 e. The minimum atomic E-state index is -0.584. The number of hydrogen-bond donors (Lipinski definition) is 2. The number of benzene rings is 2. The molecule has 0 radical (unpaired) electrons. The molecule has 120 valence electrons. The minimum Gasteiger partial charge on any atom is -0.495 e. The van der Waals surface area contributed by atoms with Crippen LogP contribution in [0.2, 0.25) is 0 Å². The molecule has 3 N–H and O–H groups in total. The first-order chi connectivity index (χ1) is 11.0. The number of amides is 2. The molecule has 0 aliphatic carbocycles. The monoisotopic (exact) mass is 313 g/mol. The largest absolute Gasteiger partial charge is 0.495 e. The molecule has 0 spiro atoms. The third-order valence-corrected chi connectivity index (χ3v) is 3.34. The lowest BCUT2D eigenvalue weighted by Gasteiger charge is -2.21. The van der Waals surface area contributed by atoms with Gasteiger partial charge in [-0.2, -0.15) is 0 Å². The van der Waals surface area contributed by atoms with Gasteiger partial charge in [-0.25, -0.2) is 0 Å². The quantitative estimate of drug-likeness (QED) is 0.852. The van der Waals surface area contributed by atoms with Crippen molar-refractivity contribution in [2.45, 2.75) is 0 Å². The van der Waals surface area contributed by atoms with Crippen LogP contribution in [0.3, 0.4) is 0 Å². The number of methoxy groups -OCH3 is 1. The highest BCUT2D eigenvalue weighted by molar-refractivity contribution is 6.03. The first-order valence-electron chi connectivity index (χ1n) is 7.05. The molecule has 0 saturated carbocycles. The maximum atomic E-state index is 12.2. The lowest BCUT2D eigenvalue weighted by molar-refractivity contribution is -0.114. The normalized spacial score (nSPS) is 10.0. The Morgan fingerprint density at radius 1 is 1.13 bits per heavy atom. The Hall–Kier alpha value is -3.02. The molecule has 0 unspecified atom stereocenters. The number of primary amides is 1. The van der Waals surface area contributed by atoms with Gasteiger partial charge in [0.25, 0.3) is 5.91 Å². The zero-order chi connectivity index (χ0) is 16.8. The van der Waals surface area contributed by atoms with Crippen molar-refractivity contribution < 1.29 is 14.3 Å². The van der Waals surface area contributed by atoms with E-state index in [1.54, 1.807) is 43.3 Å². The van der Waals surface area contributed by atoms with Crippen LogP contribution in [0.15, 0.2) is 48.5 Å². The van der Waals surface area contributed by atoms with E-state index in [0.717, 1.165) is 5.69 Å². The Balaban J connectivity index is 2.09. The van der Waals surface area contributed by atoms with Crippen molar-refractivity contribution in [3.8, 4) is 5.75 Å². The molecular formula is C17H19N3O3. The molecule has 2 aromatic rings. The summed E-state index contributed by atoms with van der Waals surface area (Å²) in [5.41, 5.74) is 6.78. The number of carbonyl (C=O) groups is 2. The van der Waals surface area contributed by atoms with Gasteiger partial charge in [-0.15, -0.1) is 0 Å². The van der Waals surface area contributed by atoms with E-state index in [1.807, 2.05) is 24.3 Å². The number of ether oxygens (including phenoxy) is 1. The summed E-state index contributed by atoms with van der Waals surface area (Å²) in [5.74, 6) is -0.161. The Morgan fingerprint density at radius 3 is 2.48 bits per heavy atom. The Bertz CT molecular complexity index is 716. The fourth-order valence-electron chi connectivity index (χ4n) is 2.24. The summed E-state index contributed by atoms with van der Waals surface area (Å²) in [6.45, 7) is 0.105. The molecule has 2 amide bonds. The standard InChI is InChI=1S/C17H19N3O3/c1-20(14-9-5-6-10-15(14)23-2)11-16(21)19-13-8-4-3-7-12(13)17(18)22/h3-10H,11H2,1-2H3,(H2,18,22)(H,19,21). The third-order valence-electron chi connectivity index (χ3n) is 3.34. The van der Waals surface area contributed by atoms with Crippen LogP contribution in [-0.2, 0) is 4.79 Å². The second kappa shape index (κ2) is 7.31. The number of nitrogens with two attached hydrogens (primary N) is 1. The van der Waals surface area contributed by atoms with Crippen LogP contribution in [0, 0.1) is 0 Å². The number of nitrogens with zero attached hydrogens (tertiary/aromatic N) is 1. The molecule has 0 atom stereocenters. The van der Waals surface area contributed by atoms with Gasteiger partial charge >= 0.3 is 0 Å². The van der Waals surface area contributed by atoms with Gasteiger partial charge in [0.1, 0.15) is 5.75 Å². The van der Waals surface area contributed by atoms with E-state index in [9.17, 15) is 9.59 Å². The second-order valence-corrected chi connectivity index (χ2v) is 4.99. The Labute approximate surface area is 134 Å². The van der Waals surface area contributed by atoms with E-state index in [4.69, 9.17) is 10.5 Å². The molecule has 0 bridgehead atoms. The van der Waals surface area contributed by atoms with Crippen molar-refractivity contribution in [1.29, 1.82) is 0 Å². The molecule has 0 saturated heterocycles. The molecular weight excluding hydrogens is 294 g/mol. The fourth-order valence-corrected chi connectivity index (χ4v) is 2.24. The van der Waals surface area contributed by atoms with Crippen LogP contribution in [0.5, 0.6) is 5.75 Å². The number of para-hydroxylation sites is 3. The molecule has 0 aromatic heterocycles. The van der Waals surface area contributed by atoms with Crippen LogP contribution >= 0.6 is 0 Å². The van der Waals surface area contributed by atoms with Crippen LogP contribution in [0.4, 0.5) is 11.4 Å². The van der Waals surface area contributed by atoms with Gasteiger partial charge in [0, 0.05) is 7.05 Å². The topological polar surface area (TPSA) is 84.7 Å². The van der Waals surface area contributed by atoms with Crippen molar-refractivity contribution in [3.05, 3.63) is 54.1 Å². The Morgan fingerprint density at radius 2 is 1.78 bits per heavy atom. The molecule has 6 nitrogen and oxygen atoms in total. The Kier molecular flexibility index (Phi) is 5.19. The van der Waals surface area contributed by atoms with E-state index in [0.29, 0.717) is 11.4 Å². The predicted octanol–water partition coefficient (Wildman–Crippen LogP) is 1.87. The smallest absolute Gasteiger partial charge is 0.250 e. The molecule has 23 heavy (non-hydrogen) atoms. The number of hydrogen-bond acceptors (Lipinski definition) is 4. The first kappa shape index (κ1) is 16.4. The van der Waals surface area contributed by atoms with Crippen LogP contribution < -0.4 is 20.7 Å². The molecule has 0 heterocycles. The van der Waals surface area contributed by atoms with Gasteiger partial charge in [0.05, 0.1) is 30.6 Å². The van der Waals surface area contributed by atoms with Gasteiger partial charge in [-0.1, -0.05) is 24.3 Å². The summed E-state index contributed by atoms with van der Waals surface area (Å²) in [6, 6.07) is 14.1. The van der Waals surface area contributed by atoms with Gasteiger partial charge in [-0.05, 0) is 24.3 Å². The number of rotatable bonds is 6. The van der Waals surface area contributed by atoms with Gasteiger partial charge in [0.2, 0.25) is 5.91 Å². The summed E-state index contributed by atoms with van der Waals surface area (Å²) >= 11 is 0. The van der Waals surface area contributed by atoms with Crippen molar-refractivity contribution in [1.82, 2.24) is 0 Å². The van der Waals surface area contributed by atoms with E-state index >= 15 is 0 Å². The average molecular weight is 313 g/mol. The van der Waals surface area contributed by atoms with E-state index in [1.165, 1.54) is 0 Å². The van der Waals surface area contributed by atoms with Crippen molar-refractivity contribution in [2.75, 3.05) is 30.9 Å². The van der Waals surface area contributed by atoms with Crippen LogP contribution in [0.25, 0.3) is 0 Å².